The number of hydrogen-bond acceptors (Lipinski definition) is 4. The van der Waals surface area contributed by atoms with Crippen molar-refractivity contribution in [3.8, 4) is 11.3 Å². The van der Waals surface area contributed by atoms with Crippen LogP contribution in [0.4, 0.5) is 5.95 Å². The van der Waals surface area contributed by atoms with Crippen LogP contribution in [0.25, 0.3) is 22.2 Å². The average Bonchev–Trinajstić information content (AvgIpc) is 2.93. The highest BCUT2D eigenvalue weighted by Gasteiger charge is 2.26. The van der Waals surface area contributed by atoms with E-state index in [1.54, 1.807) is 6.07 Å². The van der Waals surface area contributed by atoms with Gasteiger partial charge in [0.15, 0.2) is 0 Å². The van der Waals surface area contributed by atoms with Crippen molar-refractivity contribution in [2.24, 2.45) is 5.10 Å². The predicted octanol–water partition coefficient (Wildman–Crippen LogP) is 4.06. The molecule has 1 aliphatic heterocycles. The minimum absolute atomic E-state index is 0.125. The van der Waals surface area contributed by atoms with Crippen molar-refractivity contribution in [1.82, 2.24) is 9.97 Å². The summed E-state index contributed by atoms with van der Waals surface area (Å²) in [5.41, 5.74) is 3.13. The van der Waals surface area contributed by atoms with Gasteiger partial charge in [-0.15, -0.1) is 0 Å². The number of hydrogen-bond donors (Lipinski definition) is 0. The summed E-state index contributed by atoms with van der Waals surface area (Å²) in [5.74, 6) is 0.158. The molecule has 2 heterocycles. The van der Waals surface area contributed by atoms with E-state index in [9.17, 15) is 4.79 Å². The van der Waals surface area contributed by atoms with Crippen molar-refractivity contribution < 1.29 is 4.79 Å². The lowest BCUT2D eigenvalue weighted by Crippen LogP contribution is -2.22. The number of halogens is 1. The molecule has 0 bridgehead atoms. The van der Waals surface area contributed by atoms with Crippen LogP contribution in [0, 0.1) is 0 Å². The number of carbonyl (C=O) groups is 1. The van der Waals surface area contributed by atoms with Gasteiger partial charge in [0.1, 0.15) is 0 Å². The molecule has 0 unspecified atom stereocenters. The lowest BCUT2D eigenvalue weighted by Gasteiger charge is -2.13. The average molecular weight is 337 g/mol. The van der Waals surface area contributed by atoms with E-state index in [1.165, 1.54) is 5.01 Å². The van der Waals surface area contributed by atoms with Gasteiger partial charge in [0, 0.05) is 21.7 Å². The molecule has 0 spiro atoms. The second-order valence-electron chi connectivity index (χ2n) is 5.62. The van der Waals surface area contributed by atoms with E-state index in [0.717, 1.165) is 27.9 Å². The molecule has 0 aliphatic carbocycles. The Morgan fingerprint density at radius 3 is 2.58 bits per heavy atom. The van der Waals surface area contributed by atoms with E-state index in [4.69, 9.17) is 11.6 Å². The lowest BCUT2D eigenvalue weighted by molar-refractivity contribution is -0.117. The number of hydrazone groups is 1. The highest BCUT2D eigenvalue weighted by molar-refractivity contribution is 6.31. The maximum absolute atomic E-state index is 12.1. The molecule has 3 aromatic rings. The van der Waals surface area contributed by atoms with Gasteiger partial charge in [-0.1, -0.05) is 41.9 Å². The lowest BCUT2D eigenvalue weighted by atomic mass is 10.1. The fraction of sp³-hybridized carbons (Fsp3) is 0.111. The summed E-state index contributed by atoms with van der Waals surface area (Å²) >= 11 is 6.15. The van der Waals surface area contributed by atoms with Crippen molar-refractivity contribution in [3.05, 3.63) is 53.6 Å². The van der Waals surface area contributed by atoms with Crippen molar-refractivity contribution in [2.45, 2.75) is 13.3 Å². The summed E-state index contributed by atoms with van der Waals surface area (Å²) in [7, 11) is 0. The summed E-state index contributed by atoms with van der Waals surface area (Å²) in [6.45, 7) is 1.82. The zero-order valence-corrected chi connectivity index (χ0v) is 13.7. The van der Waals surface area contributed by atoms with E-state index in [-0.39, 0.29) is 11.9 Å². The molecule has 6 heteroatoms. The molecule has 5 nitrogen and oxygen atoms in total. The number of fused-ring (bicyclic) bond motifs is 1. The van der Waals surface area contributed by atoms with Gasteiger partial charge in [-0.25, -0.2) is 9.97 Å². The van der Waals surface area contributed by atoms with Crippen LogP contribution in [0.1, 0.15) is 13.3 Å². The van der Waals surface area contributed by atoms with Crippen LogP contribution in [0.3, 0.4) is 0 Å². The minimum Gasteiger partial charge on any atom is -0.272 e. The summed E-state index contributed by atoms with van der Waals surface area (Å²) in [4.78, 5) is 21.2. The predicted molar refractivity (Wildman–Crippen MR) is 95.2 cm³/mol. The molecule has 24 heavy (non-hydrogen) atoms. The summed E-state index contributed by atoms with van der Waals surface area (Å²) in [6, 6.07) is 15.2. The first-order valence-electron chi connectivity index (χ1n) is 7.51. The van der Waals surface area contributed by atoms with E-state index in [1.807, 2.05) is 49.4 Å². The summed E-state index contributed by atoms with van der Waals surface area (Å²) < 4.78 is 0. The summed E-state index contributed by atoms with van der Waals surface area (Å²) in [5, 5.41) is 6.97. The van der Waals surface area contributed by atoms with E-state index in [0.29, 0.717) is 11.4 Å². The van der Waals surface area contributed by atoms with Crippen LogP contribution in [0.15, 0.2) is 53.6 Å². The molecule has 0 saturated heterocycles. The zero-order valence-electron chi connectivity index (χ0n) is 12.9. The summed E-state index contributed by atoms with van der Waals surface area (Å²) in [6.07, 6.45) is 0.294. The van der Waals surface area contributed by atoms with Gasteiger partial charge in [0.2, 0.25) is 0 Å². The Bertz CT molecular complexity index is 985. The first-order valence-corrected chi connectivity index (χ1v) is 7.89. The molecule has 0 N–H and O–H groups in total. The Labute approximate surface area is 143 Å². The van der Waals surface area contributed by atoms with Gasteiger partial charge in [-0.2, -0.15) is 10.1 Å². The molecule has 1 aliphatic rings. The number of amides is 1. The largest absolute Gasteiger partial charge is 0.272 e. The third-order valence-electron chi connectivity index (χ3n) is 3.80. The third-order valence-corrected chi connectivity index (χ3v) is 4.03. The Morgan fingerprint density at radius 2 is 1.88 bits per heavy atom. The van der Waals surface area contributed by atoms with Gasteiger partial charge >= 0.3 is 0 Å². The Balaban J connectivity index is 1.98. The number of benzene rings is 2. The standard InChI is InChI=1S/C18H13ClN4O/c1-11-9-16(24)23(22-11)18-20-15-8-7-13(19)10-14(15)17(21-18)12-5-3-2-4-6-12/h2-8,10H,9H2,1H3. The molecule has 0 saturated carbocycles. The van der Waals surface area contributed by atoms with E-state index in [2.05, 4.69) is 15.1 Å². The highest BCUT2D eigenvalue weighted by atomic mass is 35.5. The minimum atomic E-state index is -0.125. The second-order valence-corrected chi connectivity index (χ2v) is 6.05. The Morgan fingerprint density at radius 1 is 1.08 bits per heavy atom. The maximum Gasteiger partial charge on any atom is 0.255 e. The van der Waals surface area contributed by atoms with Crippen LogP contribution < -0.4 is 5.01 Å². The number of carbonyl (C=O) groups excluding carboxylic acids is 1. The first-order chi connectivity index (χ1) is 11.6. The van der Waals surface area contributed by atoms with Crippen molar-refractivity contribution in [3.63, 3.8) is 0 Å². The molecule has 4 rings (SSSR count). The van der Waals surface area contributed by atoms with Crippen LogP contribution in [-0.2, 0) is 4.79 Å². The third kappa shape index (κ3) is 2.53. The van der Waals surface area contributed by atoms with Crippen molar-refractivity contribution in [1.29, 1.82) is 0 Å². The molecule has 0 radical (unpaired) electrons. The fourth-order valence-corrected chi connectivity index (χ4v) is 2.88. The number of aromatic nitrogens is 2. The SMILES string of the molecule is CC1=NN(c2nc(-c3ccccc3)c3cc(Cl)ccc3n2)C(=O)C1. The van der Waals surface area contributed by atoms with Crippen LogP contribution in [0.5, 0.6) is 0 Å². The molecular weight excluding hydrogens is 324 g/mol. The number of rotatable bonds is 2. The molecular formula is C18H13ClN4O. The molecule has 1 amide bonds. The number of nitrogens with zero attached hydrogens (tertiary/aromatic N) is 4. The Hall–Kier alpha value is -2.79. The van der Waals surface area contributed by atoms with Gasteiger partial charge < -0.3 is 0 Å². The van der Waals surface area contributed by atoms with Crippen LogP contribution in [0.2, 0.25) is 5.02 Å². The first kappa shape index (κ1) is 14.8. The molecule has 2 aromatic carbocycles. The zero-order chi connectivity index (χ0) is 16.7. The molecule has 1 aromatic heterocycles. The van der Waals surface area contributed by atoms with Gasteiger partial charge in [-0.3, -0.25) is 4.79 Å². The molecule has 0 atom stereocenters. The quantitative estimate of drug-likeness (QED) is 0.709. The van der Waals surface area contributed by atoms with Crippen LogP contribution in [-0.4, -0.2) is 21.6 Å². The van der Waals surface area contributed by atoms with Crippen LogP contribution >= 0.6 is 11.6 Å². The van der Waals surface area contributed by atoms with Gasteiger partial charge in [0.25, 0.3) is 11.9 Å². The van der Waals surface area contributed by atoms with Gasteiger partial charge in [0.05, 0.1) is 17.6 Å². The van der Waals surface area contributed by atoms with E-state index < -0.39 is 0 Å². The number of anilines is 1. The smallest absolute Gasteiger partial charge is 0.255 e. The molecule has 118 valence electrons. The molecule has 0 fully saturated rings. The Kier molecular flexibility index (Phi) is 3.50. The van der Waals surface area contributed by atoms with Gasteiger partial charge in [-0.05, 0) is 25.1 Å². The normalized spacial score (nSPS) is 14.3. The topological polar surface area (TPSA) is 58.5 Å². The monoisotopic (exact) mass is 336 g/mol. The van der Waals surface area contributed by atoms with Crippen molar-refractivity contribution in [2.75, 3.05) is 5.01 Å². The van der Waals surface area contributed by atoms with E-state index >= 15 is 0 Å². The fourth-order valence-electron chi connectivity index (χ4n) is 2.71. The highest BCUT2D eigenvalue weighted by Crippen LogP contribution is 2.31. The van der Waals surface area contributed by atoms with Crippen molar-refractivity contribution >= 4 is 40.1 Å². The maximum atomic E-state index is 12.1. The second kappa shape index (κ2) is 5.69.